The van der Waals surface area contributed by atoms with Crippen LogP contribution in [0.3, 0.4) is 0 Å². The largest absolute Gasteiger partial charge is 0.480 e. The minimum Gasteiger partial charge on any atom is -0.480 e. The second-order valence-electron chi connectivity index (χ2n) is 4.29. The van der Waals surface area contributed by atoms with Crippen molar-refractivity contribution in [2.45, 2.75) is 31.3 Å². The standard InChI is InChI=1S/C12H13F2NO2/c13-9-3-1-4-10(14)8(9)7-15-12(11(16)17)5-2-6-12/h1,3-4,15H,2,5-7H2,(H,16,17). The quantitative estimate of drug-likeness (QED) is 0.848. The minimum atomic E-state index is -1.01. The SMILES string of the molecule is O=C(O)C1(NCc2c(F)cccc2F)CCC1. The first-order valence-corrected chi connectivity index (χ1v) is 5.46. The summed E-state index contributed by atoms with van der Waals surface area (Å²) in [5, 5.41) is 11.8. The fraction of sp³-hybridized carbons (Fsp3) is 0.417. The van der Waals surface area contributed by atoms with Gasteiger partial charge in [-0.1, -0.05) is 6.07 Å². The molecule has 2 rings (SSSR count). The lowest BCUT2D eigenvalue weighted by Crippen LogP contribution is -2.56. The minimum absolute atomic E-state index is 0.106. The lowest BCUT2D eigenvalue weighted by atomic mass is 9.76. The van der Waals surface area contributed by atoms with Crippen LogP contribution in [-0.2, 0) is 11.3 Å². The maximum atomic E-state index is 13.3. The third-order valence-electron chi connectivity index (χ3n) is 3.28. The van der Waals surface area contributed by atoms with Crippen LogP contribution in [0.25, 0.3) is 0 Å². The van der Waals surface area contributed by atoms with Crippen molar-refractivity contribution >= 4 is 5.97 Å². The highest BCUT2D eigenvalue weighted by atomic mass is 19.1. The van der Waals surface area contributed by atoms with Crippen LogP contribution in [0.2, 0.25) is 0 Å². The van der Waals surface area contributed by atoms with E-state index in [4.69, 9.17) is 5.11 Å². The molecule has 0 amide bonds. The number of carbonyl (C=O) groups is 1. The number of hydrogen-bond donors (Lipinski definition) is 2. The van der Waals surface area contributed by atoms with Crippen LogP contribution in [-0.4, -0.2) is 16.6 Å². The van der Waals surface area contributed by atoms with Crippen molar-refractivity contribution in [2.24, 2.45) is 0 Å². The summed E-state index contributed by atoms with van der Waals surface area (Å²) in [5.41, 5.74) is -1.12. The third kappa shape index (κ3) is 2.15. The van der Waals surface area contributed by atoms with E-state index in [1.54, 1.807) is 0 Å². The number of carboxylic acids is 1. The highest BCUT2D eigenvalue weighted by Crippen LogP contribution is 2.32. The fourth-order valence-corrected chi connectivity index (χ4v) is 1.96. The molecule has 0 unspecified atom stereocenters. The number of aliphatic carboxylic acids is 1. The number of hydrogen-bond acceptors (Lipinski definition) is 2. The van der Waals surface area contributed by atoms with E-state index >= 15 is 0 Å². The Balaban J connectivity index is 2.10. The van der Waals surface area contributed by atoms with Gasteiger partial charge < -0.3 is 5.11 Å². The van der Waals surface area contributed by atoms with E-state index in [0.717, 1.165) is 18.6 Å². The molecule has 1 saturated carbocycles. The van der Waals surface area contributed by atoms with E-state index in [1.165, 1.54) is 6.07 Å². The van der Waals surface area contributed by atoms with Crippen LogP contribution in [0.15, 0.2) is 18.2 Å². The number of rotatable bonds is 4. The topological polar surface area (TPSA) is 49.3 Å². The molecule has 1 aromatic rings. The van der Waals surface area contributed by atoms with Crippen LogP contribution in [0.4, 0.5) is 8.78 Å². The van der Waals surface area contributed by atoms with Gasteiger partial charge in [0.15, 0.2) is 0 Å². The Labute approximate surface area is 97.5 Å². The lowest BCUT2D eigenvalue weighted by Gasteiger charge is -2.38. The highest BCUT2D eigenvalue weighted by molar-refractivity contribution is 5.79. The van der Waals surface area contributed by atoms with E-state index in [9.17, 15) is 13.6 Å². The molecule has 0 spiro atoms. The van der Waals surface area contributed by atoms with Crippen molar-refractivity contribution in [2.75, 3.05) is 0 Å². The Hall–Kier alpha value is -1.49. The van der Waals surface area contributed by atoms with Crippen molar-refractivity contribution in [1.82, 2.24) is 5.32 Å². The average Bonchev–Trinajstić information content (AvgIpc) is 2.19. The molecule has 0 aromatic heterocycles. The van der Waals surface area contributed by atoms with Gasteiger partial charge in [-0.3, -0.25) is 10.1 Å². The molecule has 5 heteroatoms. The van der Waals surface area contributed by atoms with Crippen LogP contribution in [0, 0.1) is 11.6 Å². The average molecular weight is 241 g/mol. The third-order valence-corrected chi connectivity index (χ3v) is 3.28. The molecule has 1 aliphatic rings. The van der Waals surface area contributed by atoms with Crippen molar-refractivity contribution in [3.8, 4) is 0 Å². The van der Waals surface area contributed by atoms with E-state index in [-0.39, 0.29) is 12.1 Å². The van der Waals surface area contributed by atoms with Gasteiger partial charge in [0.1, 0.15) is 17.2 Å². The summed E-state index contributed by atoms with van der Waals surface area (Å²) in [5.74, 6) is -2.27. The number of benzene rings is 1. The first-order chi connectivity index (χ1) is 8.05. The Morgan fingerprint density at radius 1 is 1.35 bits per heavy atom. The maximum Gasteiger partial charge on any atom is 0.323 e. The summed E-state index contributed by atoms with van der Waals surface area (Å²) in [6, 6.07) is 3.60. The molecule has 0 saturated heterocycles. The molecular formula is C12H13F2NO2. The zero-order valence-corrected chi connectivity index (χ0v) is 9.17. The van der Waals surface area contributed by atoms with Crippen molar-refractivity contribution in [3.63, 3.8) is 0 Å². The zero-order valence-electron chi connectivity index (χ0n) is 9.17. The van der Waals surface area contributed by atoms with Gasteiger partial charge >= 0.3 is 5.97 Å². The lowest BCUT2D eigenvalue weighted by molar-refractivity contribution is -0.148. The van der Waals surface area contributed by atoms with Crippen molar-refractivity contribution in [1.29, 1.82) is 0 Å². The molecule has 0 atom stereocenters. The Bertz CT molecular complexity index is 424. The van der Waals surface area contributed by atoms with Crippen LogP contribution in [0.1, 0.15) is 24.8 Å². The first kappa shape index (κ1) is 12.0. The number of halogens is 2. The molecule has 17 heavy (non-hydrogen) atoms. The van der Waals surface area contributed by atoms with Crippen molar-refractivity contribution < 1.29 is 18.7 Å². The molecule has 1 aromatic carbocycles. The fourth-order valence-electron chi connectivity index (χ4n) is 1.96. The van der Waals surface area contributed by atoms with Gasteiger partial charge in [0, 0.05) is 12.1 Å². The summed E-state index contributed by atoms with van der Waals surface area (Å²) < 4.78 is 26.6. The summed E-state index contributed by atoms with van der Waals surface area (Å²) in [6.45, 7) is -0.106. The number of nitrogens with one attached hydrogen (secondary N) is 1. The Morgan fingerprint density at radius 2 is 1.94 bits per heavy atom. The van der Waals surface area contributed by atoms with Gasteiger partial charge in [0.25, 0.3) is 0 Å². The van der Waals surface area contributed by atoms with E-state index in [0.29, 0.717) is 12.8 Å². The predicted octanol–water partition coefficient (Wildman–Crippen LogP) is 2.06. The van der Waals surface area contributed by atoms with Gasteiger partial charge in [0.05, 0.1) is 0 Å². The molecule has 1 fully saturated rings. The zero-order chi connectivity index (χ0) is 12.5. The molecule has 0 heterocycles. The van der Waals surface area contributed by atoms with Gasteiger partial charge in [0.2, 0.25) is 0 Å². The summed E-state index contributed by atoms with van der Waals surface area (Å²) in [7, 11) is 0. The molecule has 2 N–H and O–H groups in total. The van der Waals surface area contributed by atoms with E-state index in [2.05, 4.69) is 5.32 Å². The normalized spacial score (nSPS) is 17.5. The molecule has 92 valence electrons. The molecule has 1 aliphatic carbocycles. The number of carboxylic acid groups (broad SMARTS) is 1. The summed E-state index contributed by atoms with van der Waals surface area (Å²) in [6.07, 6.45) is 1.82. The van der Waals surface area contributed by atoms with Gasteiger partial charge in [-0.2, -0.15) is 0 Å². The Morgan fingerprint density at radius 3 is 2.35 bits per heavy atom. The van der Waals surface area contributed by atoms with Crippen LogP contribution < -0.4 is 5.32 Å². The molecule has 0 bridgehead atoms. The first-order valence-electron chi connectivity index (χ1n) is 5.46. The predicted molar refractivity (Wildman–Crippen MR) is 57.4 cm³/mol. The summed E-state index contributed by atoms with van der Waals surface area (Å²) >= 11 is 0. The van der Waals surface area contributed by atoms with E-state index in [1.807, 2.05) is 0 Å². The second-order valence-corrected chi connectivity index (χ2v) is 4.29. The van der Waals surface area contributed by atoms with Crippen molar-refractivity contribution in [3.05, 3.63) is 35.4 Å². The molecule has 0 aliphatic heterocycles. The molecule has 0 radical (unpaired) electrons. The van der Waals surface area contributed by atoms with Crippen LogP contribution >= 0.6 is 0 Å². The van der Waals surface area contributed by atoms with Gasteiger partial charge in [-0.25, -0.2) is 8.78 Å². The molecular weight excluding hydrogens is 228 g/mol. The van der Waals surface area contributed by atoms with Gasteiger partial charge in [-0.15, -0.1) is 0 Å². The highest BCUT2D eigenvalue weighted by Gasteiger charge is 2.44. The maximum absolute atomic E-state index is 13.3. The Kier molecular flexibility index (Phi) is 3.11. The summed E-state index contributed by atoms with van der Waals surface area (Å²) in [4.78, 5) is 11.0. The smallest absolute Gasteiger partial charge is 0.323 e. The van der Waals surface area contributed by atoms with E-state index < -0.39 is 23.1 Å². The second kappa shape index (κ2) is 4.41. The molecule has 3 nitrogen and oxygen atoms in total. The van der Waals surface area contributed by atoms with Gasteiger partial charge in [-0.05, 0) is 31.4 Å². The monoisotopic (exact) mass is 241 g/mol. The van der Waals surface area contributed by atoms with Crippen LogP contribution in [0.5, 0.6) is 0 Å².